The predicted octanol–water partition coefficient (Wildman–Crippen LogP) is 2.70. The highest BCUT2D eigenvalue weighted by Gasteiger charge is 2.42. The highest BCUT2D eigenvalue weighted by atomic mass is 16.5. The van der Waals surface area contributed by atoms with Gasteiger partial charge in [0, 0.05) is 31.6 Å². The third-order valence-electron chi connectivity index (χ3n) is 6.29. The number of benzene rings is 1. The van der Waals surface area contributed by atoms with Gasteiger partial charge in [-0.25, -0.2) is 0 Å². The molecule has 1 unspecified atom stereocenters. The van der Waals surface area contributed by atoms with Gasteiger partial charge in [0.2, 0.25) is 0 Å². The topological polar surface area (TPSA) is 44.7 Å². The van der Waals surface area contributed by atoms with Crippen LogP contribution in [-0.4, -0.2) is 47.4 Å². The molecule has 3 fully saturated rings. The zero-order valence-corrected chi connectivity index (χ0v) is 14.6. The predicted molar refractivity (Wildman–Crippen MR) is 95.2 cm³/mol. The maximum absolute atomic E-state index is 9.69. The van der Waals surface area contributed by atoms with Crippen molar-refractivity contribution in [3.63, 3.8) is 0 Å². The lowest BCUT2D eigenvalue weighted by atomic mass is 9.94. The molecule has 2 aliphatic heterocycles. The number of nitrogens with one attached hydrogen (secondary N) is 1. The van der Waals surface area contributed by atoms with Crippen LogP contribution in [0, 0.1) is 0 Å². The van der Waals surface area contributed by atoms with E-state index in [1.54, 1.807) is 0 Å². The second-order valence-corrected chi connectivity index (χ2v) is 8.06. The minimum absolute atomic E-state index is 0.0520. The summed E-state index contributed by atoms with van der Waals surface area (Å²) in [6.07, 6.45) is 8.22. The summed E-state index contributed by atoms with van der Waals surface area (Å²) >= 11 is 0. The Morgan fingerprint density at radius 3 is 2.54 bits per heavy atom. The van der Waals surface area contributed by atoms with E-state index in [-0.39, 0.29) is 17.7 Å². The van der Waals surface area contributed by atoms with Crippen molar-refractivity contribution in [1.82, 2.24) is 10.2 Å². The molecule has 4 rings (SSSR count). The molecule has 0 spiro atoms. The number of hydrogen-bond donors (Lipinski definition) is 2. The van der Waals surface area contributed by atoms with Crippen LogP contribution in [0.15, 0.2) is 24.3 Å². The molecule has 0 radical (unpaired) electrons. The summed E-state index contributed by atoms with van der Waals surface area (Å²) in [4.78, 5) is 2.53. The minimum Gasteiger partial charge on any atom is -0.486 e. The van der Waals surface area contributed by atoms with Gasteiger partial charge in [0.1, 0.15) is 11.4 Å². The fourth-order valence-corrected chi connectivity index (χ4v) is 4.74. The lowest BCUT2D eigenvalue weighted by molar-refractivity contribution is 0.0453. The smallest absolute Gasteiger partial charge is 0.123 e. The third-order valence-corrected chi connectivity index (χ3v) is 6.29. The number of hydrogen-bond acceptors (Lipinski definition) is 4. The van der Waals surface area contributed by atoms with E-state index in [4.69, 9.17) is 4.74 Å². The number of fused-ring (bicyclic) bond motifs is 2. The zero-order valence-electron chi connectivity index (χ0n) is 14.6. The molecule has 1 aromatic rings. The van der Waals surface area contributed by atoms with Gasteiger partial charge < -0.3 is 15.2 Å². The molecule has 2 N–H and O–H groups in total. The van der Waals surface area contributed by atoms with E-state index in [0.29, 0.717) is 0 Å². The zero-order chi connectivity index (χ0) is 16.5. The molecular formula is C20H30N2O2. The van der Waals surface area contributed by atoms with Crippen molar-refractivity contribution < 1.29 is 9.84 Å². The van der Waals surface area contributed by atoms with Crippen LogP contribution in [0.1, 0.15) is 50.5 Å². The highest BCUT2D eigenvalue weighted by molar-refractivity contribution is 5.28. The first kappa shape index (κ1) is 16.4. The first-order chi connectivity index (χ1) is 11.7. The molecular weight excluding hydrogens is 300 g/mol. The first-order valence-corrected chi connectivity index (χ1v) is 9.57. The second-order valence-electron chi connectivity index (χ2n) is 8.06. The summed E-state index contributed by atoms with van der Waals surface area (Å²) in [7, 11) is 0. The van der Waals surface area contributed by atoms with E-state index in [0.717, 1.165) is 38.1 Å². The summed E-state index contributed by atoms with van der Waals surface area (Å²) in [6.45, 7) is 4.58. The van der Waals surface area contributed by atoms with Crippen molar-refractivity contribution in [2.24, 2.45) is 0 Å². The molecule has 1 aromatic carbocycles. The van der Waals surface area contributed by atoms with Crippen molar-refractivity contribution in [2.45, 2.75) is 62.6 Å². The molecule has 2 saturated heterocycles. The van der Waals surface area contributed by atoms with Gasteiger partial charge in [-0.05, 0) is 49.9 Å². The number of rotatable bonds is 6. The van der Waals surface area contributed by atoms with E-state index >= 15 is 0 Å². The monoisotopic (exact) mass is 330 g/mol. The molecule has 3 aliphatic rings. The van der Waals surface area contributed by atoms with E-state index in [2.05, 4.69) is 34.5 Å². The van der Waals surface area contributed by atoms with Crippen molar-refractivity contribution in [2.75, 3.05) is 26.2 Å². The lowest BCUT2D eigenvalue weighted by Gasteiger charge is -2.34. The summed E-state index contributed by atoms with van der Waals surface area (Å²) in [5.74, 6) is 1.00. The number of aliphatic hydroxyl groups is 1. The second kappa shape index (κ2) is 6.66. The maximum atomic E-state index is 9.69. The van der Waals surface area contributed by atoms with E-state index in [1.807, 2.05) is 0 Å². The summed E-state index contributed by atoms with van der Waals surface area (Å²) in [5, 5.41) is 13.3. The molecule has 0 amide bonds. The van der Waals surface area contributed by atoms with Crippen LogP contribution in [-0.2, 0) is 6.54 Å². The minimum atomic E-state index is -0.0520. The van der Waals surface area contributed by atoms with E-state index in [9.17, 15) is 5.11 Å². The average Bonchev–Trinajstić information content (AvgIpc) is 3.20. The van der Waals surface area contributed by atoms with Gasteiger partial charge in [0.05, 0.1) is 6.61 Å². The normalized spacial score (nSPS) is 31.3. The van der Waals surface area contributed by atoms with Crippen molar-refractivity contribution >= 4 is 0 Å². The largest absolute Gasteiger partial charge is 0.486 e. The molecule has 1 aliphatic carbocycles. The Hall–Kier alpha value is -1.10. The van der Waals surface area contributed by atoms with Gasteiger partial charge in [0.25, 0.3) is 0 Å². The quantitative estimate of drug-likeness (QED) is 0.842. The Bertz CT molecular complexity index is 549. The summed E-state index contributed by atoms with van der Waals surface area (Å²) in [5.41, 5.74) is 1.27. The third kappa shape index (κ3) is 3.32. The Morgan fingerprint density at radius 1 is 1.00 bits per heavy atom. The molecule has 2 atom stereocenters. The molecule has 132 valence electrons. The van der Waals surface area contributed by atoms with Gasteiger partial charge in [-0.3, -0.25) is 4.90 Å². The lowest BCUT2D eigenvalue weighted by Crippen LogP contribution is -2.45. The molecule has 0 aromatic heterocycles. The summed E-state index contributed by atoms with van der Waals surface area (Å²) < 4.78 is 6.41. The maximum Gasteiger partial charge on any atom is 0.123 e. The Kier molecular flexibility index (Phi) is 4.54. The molecule has 2 heterocycles. The van der Waals surface area contributed by atoms with Crippen LogP contribution < -0.4 is 10.1 Å². The standard InChI is InChI=1S/C20H30N2O2/c23-16-19(8-1-2-9-19)21-14-17-4-6-18(7-5-17)24-20-10-3-12-22(15-20)13-11-20/h4-7,21,23H,1-3,8-16H2/t20-/m1/s1. The van der Waals surface area contributed by atoms with Crippen LogP contribution in [0.3, 0.4) is 0 Å². The highest BCUT2D eigenvalue weighted by Crippen LogP contribution is 2.35. The Balaban J connectivity index is 1.35. The van der Waals surface area contributed by atoms with Gasteiger partial charge in [0.15, 0.2) is 0 Å². The van der Waals surface area contributed by atoms with Crippen LogP contribution >= 0.6 is 0 Å². The Morgan fingerprint density at radius 2 is 1.79 bits per heavy atom. The van der Waals surface area contributed by atoms with E-state index < -0.39 is 0 Å². The number of nitrogens with zero attached hydrogens (tertiary/aromatic N) is 1. The molecule has 2 bridgehead atoms. The SMILES string of the molecule is OCC1(NCc2ccc(O[C@]34CCCN(CC3)C4)cc2)CCCC1. The van der Waals surface area contributed by atoms with Crippen molar-refractivity contribution in [3.8, 4) is 5.75 Å². The van der Waals surface area contributed by atoms with E-state index in [1.165, 1.54) is 44.3 Å². The van der Waals surface area contributed by atoms with Crippen LogP contribution in [0.4, 0.5) is 0 Å². The molecule has 4 heteroatoms. The number of piperidine rings is 1. The number of aliphatic hydroxyl groups excluding tert-OH is 1. The first-order valence-electron chi connectivity index (χ1n) is 9.57. The Labute approximate surface area is 145 Å². The van der Waals surface area contributed by atoms with Crippen molar-refractivity contribution in [1.29, 1.82) is 0 Å². The molecule has 24 heavy (non-hydrogen) atoms. The number of ether oxygens (including phenoxy) is 1. The van der Waals surface area contributed by atoms with Crippen LogP contribution in [0.5, 0.6) is 5.75 Å². The molecule has 4 nitrogen and oxygen atoms in total. The fourth-order valence-electron chi connectivity index (χ4n) is 4.74. The van der Waals surface area contributed by atoms with Crippen molar-refractivity contribution in [3.05, 3.63) is 29.8 Å². The fraction of sp³-hybridized carbons (Fsp3) is 0.700. The summed E-state index contributed by atoms with van der Waals surface area (Å²) in [6, 6.07) is 8.55. The van der Waals surface area contributed by atoms with Crippen LogP contribution in [0.25, 0.3) is 0 Å². The molecule has 1 saturated carbocycles. The van der Waals surface area contributed by atoms with Gasteiger partial charge in [-0.2, -0.15) is 0 Å². The van der Waals surface area contributed by atoms with Gasteiger partial charge in [-0.1, -0.05) is 25.0 Å². The van der Waals surface area contributed by atoms with Gasteiger partial charge in [-0.15, -0.1) is 0 Å². The van der Waals surface area contributed by atoms with Gasteiger partial charge >= 0.3 is 0 Å². The van der Waals surface area contributed by atoms with Crippen LogP contribution in [0.2, 0.25) is 0 Å². The average molecular weight is 330 g/mol.